The van der Waals surface area contributed by atoms with Crippen molar-refractivity contribution in [1.82, 2.24) is 4.90 Å². The molecule has 1 atom stereocenters. The number of fused-ring (bicyclic) bond motifs is 1. The smallest absolute Gasteiger partial charge is 0.261 e. The lowest BCUT2D eigenvalue weighted by atomic mass is 10.0. The molecule has 0 saturated heterocycles. The molecule has 0 spiro atoms. The summed E-state index contributed by atoms with van der Waals surface area (Å²) in [6.07, 6.45) is 1.17. The van der Waals surface area contributed by atoms with E-state index in [1.54, 1.807) is 38.5 Å². The molecular weight excluding hydrogens is 318 g/mol. The van der Waals surface area contributed by atoms with Crippen LogP contribution in [0.5, 0.6) is 11.5 Å². The average molecular weight is 339 g/mol. The highest BCUT2D eigenvalue weighted by atomic mass is 16.5. The minimum absolute atomic E-state index is 0.227. The predicted octanol–water partition coefficient (Wildman–Crippen LogP) is 3.32. The number of nitrogens with zero attached hydrogens (tertiary/aromatic N) is 1. The fourth-order valence-electron chi connectivity index (χ4n) is 3.25. The molecule has 0 bridgehead atoms. The van der Waals surface area contributed by atoms with Gasteiger partial charge >= 0.3 is 0 Å². The molecule has 0 radical (unpaired) electrons. The van der Waals surface area contributed by atoms with Gasteiger partial charge in [0.2, 0.25) is 0 Å². The van der Waals surface area contributed by atoms with Crippen LogP contribution in [0.2, 0.25) is 0 Å². The maximum absolute atomic E-state index is 12.7. The first-order valence-electron chi connectivity index (χ1n) is 8.28. The van der Waals surface area contributed by atoms with Crippen LogP contribution in [-0.4, -0.2) is 37.0 Å². The SMILES string of the molecule is CCC(Cc1cc(OC)ccc1OC)N1C(=O)c2ccccc2C1=O. The second-order valence-electron chi connectivity index (χ2n) is 5.97. The van der Waals surface area contributed by atoms with E-state index in [1.807, 2.05) is 25.1 Å². The molecule has 2 aromatic carbocycles. The second kappa shape index (κ2) is 6.97. The van der Waals surface area contributed by atoms with E-state index in [0.29, 0.717) is 29.7 Å². The molecular formula is C20H21NO4. The van der Waals surface area contributed by atoms with Gasteiger partial charge in [-0.25, -0.2) is 0 Å². The third-order valence-electron chi connectivity index (χ3n) is 4.60. The number of benzene rings is 2. The Morgan fingerprint density at radius 2 is 1.60 bits per heavy atom. The lowest BCUT2D eigenvalue weighted by Gasteiger charge is -2.26. The molecule has 1 heterocycles. The molecule has 1 aliphatic rings. The summed E-state index contributed by atoms with van der Waals surface area (Å²) in [4.78, 5) is 26.8. The second-order valence-corrected chi connectivity index (χ2v) is 5.97. The molecule has 1 aliphatic heterocycles. The quantitative estimate of drug-likeness (QED) is 0.758. The van der Waals surface area contributed by atoms with Gasteiger partial charge in [0, 0.05) is 6.04 Å². The number of hydrogen-bond acceptors (Lipinski definition) is 4. The number of imide groups is 1. The van der Waals surface area contributed by atoms with Gasteiger partial charge in [0.25, 0.3) is 11.8 Å². The van der Waals surface area contributed by atoms with Crippen LogP contribution < -0.4 is 9.47 Å². The molecule has 0 aromatic heterocycles. The zero-order valence-corrected chi connectivity index (χ0v) is 14.6. The Labute approximate surface area is 147 Å². The van der Waals surface area contributed by atoms with Crippen LogP contribution in [0.1, 0.15) is 39.6 Å². The first kappa shape index (κ1) is 17.0. The van der Waals surface area contributed by atoms with E-state index in [-0.39, 0.29) is 17.9 Å². The lowest BCUT2D eigenvalue weighted by Crippen LogP contribution is -2.40. The van der Waals surface area contributed by atoms with Gasteiger partial charge in [0.05, 0.1) is 25.3 Å². The summed E-state index contributed by atoms with van der Waals surface area (Å²) in [5.74, 6) is 0.979. The van der Waals surface area contributed by atoms with Crippen molar-refractivity contribution >= 4 is 11.8 Å². The van der Waals surface area contributed by atoms with Crippen LogP contribution >= 0.6 is 0 Å². The summed E-state index contributed by atoms with van der Waals surface area (Å²) in [6, 6.07) is 12.3. The molecule has 5 nitrogen and oxygen atoms in total. The monoisotopic (exact) mass is 339 g/mol. The molecule has 3 rings (SSSR count). The van der Waals surface area contributed by atoms with Crippen LogP contribution in [0.4, 0.5) is 0 Å². The third-order valence-corrected chi connectivity index (χ3v) is 4.60. The fourth-order valence-corrected chi connectivity index (χ4v) is 3.25. The number of carbonyl (C=O) groups is 2. The Balaban J connectivity index is 1.92. The Bertz CT molecular complexity index is 780. The first-order valence-corrected chi connectivity index (χ1v) is 8.28. The lowest BCUT2D eigenvalue weighted by molar-refractivity contribution is 0.0579. The highest BCUT2D eigenvalue weighted by molar-refractivity contribution is 6.21. The van der Waals surface area contributed by atoms with Gasteiger partial charge in [0.15, 0.2) is 0 Å². The summed E-state index contributed by atoms with van der Waals surface area (Å²) in [7, 11) is 3.21. The van der Waals surface area contributed by atoms with Crippen LogP contribution in [-0.2, 0) is 6.42 Å². The summed E-state index contributed by atoms with van der Waals surface area (Å²) < 4.78 is 10.7. The van der Waals surface area contributed by atoms with E-state index in [2.05, 4.69) is 0 Å². The van der Waals surface area contributed by atoms with Gasteiger partial charge < -0.3 is 9.47 Å². The zero-order valence-electron chi connectivity index (χ0n) is 14.6. The number of ether oxygens (including phenoxy) is 2. The summed E-state index contributed by atoms with van der Waals surface area (Å²) in [5.41, 5.74) is 1.86. The Morgan fingerprint density at radius 1 is 0.960 bits per heavy atom. The summed E-state index contributed by atoms with van der Waals surface area (Å²) >= 11 is 0. The summed E-state index contributed by atoms with van der Waals surface area (Å²) in [6.45, 7) is 1.97. The van der Waals surface area contributed by atoms with Crippen LogP contribution in [0.3, 0.4) is 0 Å². The van der Waals surface area contributed by atoms with Crippen LogP contribution in [0.25, 0.3) is 0 Å². The van der Waals surface area contributed by atoms with Crippen molar-refractivity contribution in [3.8, 4) is 11.5 Å². The molecule has 2 amide bonds. The molecule has 2 aromatic rings. The van der Waals surface area contributed by atoms with Crippen LogP contribution in [0.15, 0.2) is 42.5 Å². The highest BCUT2D eigenvalue weighted by Crippen LogP contribution is 2.30. The van der Waals surface area contributed by atoms with E-state index in [1.165, 1.54) is 4.90 Å². The van der Waals surface area contributed by atoms with Gasteiger partial charge in [-0.2, -0.15) is 0 Å². The maximum Gasteiger partial charge on any atom is 0.261 e. The number of carbonyl (C=O) groups excluding carboxylic acids is 2. The number of hydrogen-bond donors (Lipinski definition) is 0. The highest BCUT2D eigenvalue weighted by Gasteiger charge is 2.39. The van der Waals surface area contributed by atoms with Crippen LogP contribution in [0, 0.1) is 0 Å². The third kappa shape index (κ3) is 2.97. The normalized spacial score (nSPS) is 14.4. The first-order chi connectivity index (χ1) is 12.1. The molecule has 25 heavy (non-hydrogen) atoms. The van der Waals surface area contributed by atoms with E-state index in [0.717, 1.165) is 11.3 Å². The number of rotatable bonds is 6. The van der Waals surface area contributed by atoms with E-state index >= 15 is 0 Å². The van der Waals surface area contributed by atoms with E-state index in [9.17, 15) is 9.59 Å². The molecule has 0 aliphatic carbocycles. The Kier molecular flexibility index (Phi) is 4.74. The van der Waals surface area contributed by atoms with Crippen molar-refractivity contribution in [2.24, 2.45) is 0 Å². The van der Waals surface area contributed by atoms with E-state index < -0.39 is 0 Å². The number of methoxy groups -OCH3 is 2. The molecule has 5 heteroatoms. The van der Waals surface area contributed by atoms with Gasteiger partial charge in [0.1, 0.15) is 11.5 Å². The largest absolute Gasteiger partial charge is 0.497 e. The van der Waals surface area contributed by atoms with Crippen molar-refractivity contribution in [3.05, 3.63) is 59.2 Å². The van der Waals surface area contributed by atoms with Crippen molar-refractivity contribution in [2.75, 3.05) is 14.2 Å². The van der Waals surface area contributed by atoms with Gasteiger partial charge in [-0.05, 0) is 48.7 Å². The van der Waals surface area contributed by atoms with E-state index in [4.69, 9.17) is 9.47 Å². The van der Waals surface area contributed by atoms with Crippen molar-refractivity contribution < 1.29 is 19.1 Å². The minimum Gasteiger partial charge on any atom is -0.497 e. The molecule has 130 valence electrons. The standard InChI is InChI=1S/C20H21NO4/c1-4-14(11-13-12-15(24-2)9-10-18(13)25-3)21-19(22)16-7-5-6-8-17(16)20(21)23/h5-10,12,14H,4,11H2,1-3H3. The topological polar surface area (TPSA) is 55.8 Å². The van der Waals surface area contributed by atoms with Crippen molar-refractivity contribution in [2.45, 2.75) is 25.8 Å². The Hall–Kier alpha value is -2.82. The summed E-state index contributed by atoms with van der Waals surface area (Å²) in [5, 5.41) is 0. The van der Waals surface area contributed by atoms with Crippen molar-refractivity contribution in [3.63, 3.8) is 0 Å². The number of amides is 2. The van der Waals surface area contributed by atoms with Gasteiger partial charge in [-0.3, -0.25) is 14.5 Å². The fraction of sp³-hybridized carbons (Fsp3) is 0.300. The van der Waals surface area contributed by atoms with Gasteiger partial charge in [-0.1, -0.05) is 19.1 Å². The minimum atomic E-state index is -0.242. The van der Waals surface area contributed by atoms with Gasteiger partial charge in [-0.15, -0.1) is 0 Å². The molecule has 0 saturated carbocycles. The van der Waals surface area contributed by atoms with Crippen molar-refractivity contribution in [1.29, 1.82) is 0 Å². The molecule has 0 fully saturated rings. The molecule has 1 unspecified atom stereocenters. The average Bonchev–Trinajstić information content (AvgIpc) is 2.91. The zero-order chi connectivity index (χ0) is 18.0. The predicted molar refractivity (Wildman–Crippen MR) is 94.3 cm³/mol. The molecule has 0 N–H and O–H groups in total. The Morgan fingerprint density at radius 3 is 2.12 bits per heavy atom. The maximum atomic E-state index is 12.7.